The first-order valence-corrected chi connectivity index (χ1v) is 13.6. The van der Waals surface area contributed by atoms with Gasteiger partial charge in [-0.05, 0) is 88.2 Å². The van der Waals surface area contributed by atoms with Crippen molar-refractivity contribution >= 4 is 66.9 Å². The molecule has 3 N–H and O–H groups in total. The summed E-state index contributed by atoms with van der Waals surface area (Å²) in [6, 6.07) is 16.4. The van der Waals surface area contributed by atoms with Crippen LogP contribution in [0.2, 0.25) is 0 Å². The highest BCUT2D eigenvalue weighted by atomic mass is 79.9. The number of anilines is 3. The van der Waals surface area contributed by atoms with Crippen LogP contribution in [0.25, 0.3) is 6.08 Å². The molecular formula is C27H23BrN4O7S. The van der Waals surface area contributed by atoms with Gasteiger partial charge in [-0.1, -0.05) is 0 Å². The largest absolute Gasteiger partial charge is 0.493 e. The summed E-state index contributed by atoms with van der Waals surface area (Å²) in [7, 11) is -2.98. The Kier molecular flexibility index (Phi) is 9.65. The molecule has 0 saturated heterocycles. The Balaban J connectivity index is 1.83. The van der Waals surface area contributed by atoms with E-state index >= 15 is 0 Å². The number of carbonyl (C=O) groups is 3. The van der Waals surface area contributed by atoms with Gasteiger partial charge in [0, 0.05) is 30.9 Å². The van der Waals surface area contributed by atoms with Gasteiger partial charge in [-0.25, -0.2) is 0 Å². The zero-order valence-corrected chi connectivity index (χ0v) is 23.8. The summed E-state index contributed by atoms with van der Waals surface area (Å²) < 4.78 is 36.6. The maximum absolute atomic E-state index is 12.9. The molecule has 3 rings (SSSR count). The Morgan fingerprint density at radius 2 is 1.38 bits per heavy atom. The molecule has 0 fully saturated rings. The standard InChI is InChI=1S/C27H23BrN4O7S/c1-16(33)30-20-4-6-22(7-5-20)32-27(35)19(15-29)12-18-13-24(28)26(25(14-18)38-3)39-40(36,37)23-10-8-21(9-11-23)31-17(2)34/h4-14H,1-3H3,(H,30,33)(H,31,34)(H,32,35)/b19-12+. The van der Waals surface area contributed by atoms with Crippen LogP contribution < -0.4 is 24.9 Å². The minimum atomic E-state index is -4.29. The maximum Gasteiger partial charge on any atom is 0.339 e. The van der Waals surface area contributed by atoms with Crippen LogP contribution in [0.5, 0.6) is 11.5 Å². The minimum Gasteiger partial charge on any atom is -0.493 e. The molecule has 3 aromatic carbocycles. The smallest absolute Gasteiger partial charge is 0.339 e. The van der Waals surface area contributed by atoms with E-state index in [1.807, 2.05) is 6.07 Å². The van der Waals surface area contributed by atoms with E-state index < -0.39 is 16.0 Å². The number of rotatable bonds is 9. The number of hydrogen-bond donors (Lipinski definition) is 3. The number of nitriles is 1. The average Bonchev–Trinajstić information content (AvgIpc) is 2.89. The molecule has 3 aromatic rings. The summed E-state index contributed by atoms with van der Waals surface area (Å²) in [6.07, 6.45) is 1.30. The van der Waals surface area contributed by atoms with Crippen molar-refractivity contribution in [1.82, 2.24) is 0 Å². The molecule has 0 spiro atoms. The van der Waals surface area contributed by atoms with Crippen molar-refractivity contribution in [2.24, 2.45) is 0 Å². The number of halogens is 1. The van der Waals surface area contributed by atoms with Crippen molar-refractivity contribution in [1.29, 1.82) is 5.26 Å². The van der Waals surface area contributed by atoms with E-state index in [1.54, 1.807) is 24.3 Å². The molecule has 0 aliphatic carbocycles. The van der Waals surface area contributed by atoms with E-state index in [9.17, 15) is 28.1 Å². The third-order valence-electron chi connectivity index (χ3n) is 5.05. The molecule has 0 aliphatic heterocycles. The van der Waals surface area contributed by atoms with Crippen LogP contribution in [0.15, 0.2) is 75.6 Å². The Morgan fingerprint density at radius 3 is 1.85 bits per heavy atom. The third-order valence-corrected chi connectivity index (χ3v) is 6.87. The van der Waals surface area contributed by atoms with E-state index in [0.717, 1.165) is 0 Å². The quantitative estimate of drug-likeness (QED) is 0.175. The molecule has 0 heterocycles. The molecular weight excluding hydrogens is 604 g/mol. The zero-order chi connectivity index (χ0) is 29.4. The van der Waals surface area contributed by atoms with E-state index in [0.29, 0.717) is 22.6 Å². The van der Waals surface area contributed by atoms with Crippen molar-refractivity contribution in [3.8, 4) is 17.6 Å². The second-order valence-corrected chi connectivity index (χ2v) is 10.6. The zero-order valence-electron chi connectivity index (χ0n) is 21.4. The summed E-state index contributed by atoms with van der Waals surface area (Å²) in [5.41, 5.74) is 1.48. The van der Waals surface area contributed by atoms with Crippen molar-refractivity contribution < 1.29 is 31.7 Å². The van der Waals surface area contributed by atoms with Crippen molar-refractivity contribution in [2.75, 3.05) is 23.1 Å². The lowest BCUT2D eigenvalue weighted by molar-refractivity contribution is -0.115. The summed E-state index contributed by atoms with van der Waals surface area (Å²) in [6.45, 7) is 2.71. The van der Waals surface area contributed by atoms with Gasteiger partial charge in [0.05, 0.1) is 11.6 Å². The van der Waals surface area contributed by atoms with Crippen LogP contribution in [-0.4, -0.2) is 33.2 Å². The number of ether oxygens (including phenoxy) is 1. The van der Waals surface area contributed by atoms with Crippen molar-refractivity contribution in [3.05, 3.63) is 76.3 Å². The first-order chi connectivity index (χ1) is 18.9. The normalized spacial score (nSPS) is 11.1. The molecule has 13 heteroatoms. The highest BCUT2D eigenvalue weighted by Gasteiger charge is 2.22. The van der Waals surface area contributed by atoms with Crippen LogP contribution >= 0.6 is 15.9 Å². The molecule has 40 heavy (non-hydrogen) atoms. The van der Waals surface area contributed by atoms with Crippen LogP contribution in [0.4, 0.5) is 17.1 Å². The lowest BCUT2D eigenvalue weighted by Gasteiger charge is -2.14. The average molecular weight is 627 g/mol. The molecule has 0 unspecified atom stereocenters. The van der Waals surface area contributed by atoms with Crippen LogP contribution in [0.3, 0.4) is 0 Å². The number of methoxy groups -OCH3 is 1. The number of benzene rings is 3. The van der Waals surface area contributed by atoms with Gasteiger partial charge in [0.2, 0.25) is 11.8 Å². The Bertz CT molecular complexity index is 1630. The van der Waals surface area contributed by atoms with Gasteiger partial charge < -0.3 is 24.9 Å². The van der Waals surface area contributed by atoms with Gasteiger partial charge in [-0.15, -0.1) is 0 Å². The van der Waals surface area contributed by atoms with Crippen LogP contribution in [0.1, 0.15) is 19.4 Å². The summed E-state index contributed by atoms with van der Waals surface area (Å²) in [4.78, 5) is 34.9. The first-order valence-electron chi connectivity index (χ1n) is 11.4. The molecule has 0 atom stereocenters. The molecule has 0 bridgehead atoms. The summed E-state index contributed by atoms with van der Waals surface area (Å²) in [5, 5.41) is 17.3. The number of amides is 3. The Hall–Kier alpha value is -4.67. The SMILES string of the molecule is COc1cc(/C=C(\C#N)C(=O)Nc2ccc(NC(C)=O)cc2)cc(Br)c1OS(=O)(=O)c1ccc(NC(C)=O)cc1. The molecule has 206 valence electrons. The van der Waals surface area contributed by atoms with Crippen molar-refractivity contribution in [3.63, 3.8) is 0 Å². The topological polar surface area (TPSA) is 164 Å². The van der Waals surface area contributed by atoms with Gasteiger partial charge in [0.25, 0.3) is 5.91 Å². The highest BCUT2D eigenvalue weighted by Crippen LogP contribution is 2.39. The molecule has 0 radical (unpaired) electrons. The predicted molar refractivity (Wildman–Crippen MR) is 152 cm³/mol. The number of nitrogens with one attached hydrogen (secondary N) is 3. The third kappa shape index (κ3) is 7.92. The highest BCUT2D eigenvalue weighted by molar-refractivity contribution is 9.10. The van der Waals surface area contributed by atoms with Gasteiger partial charge in [0.1, 0.15) is 16.5 Å². The molecule has 0 aromatic heterocycles. The molecule has 0 saturated carbocycles. The Labute approximate surface area is 239 Å². The van der Waals surface area contributed by atoms with Gasteiger partial charge >= 0.3 is 10.1 Å². The fourth-order valence-electron chi connectivity index (χ4n) is 3.32. The minimum absolute atomic E-state index is 0.0188. The fraction of sp³-hybridized carbons (Fsp3) is 0.111. The molecule has 3 amide bonds. The van der Waals surface area contributed by atoms with Crippen molar-refractivity contribution in [2.45, 2.75) is 18.7 Å². The van der Waals surface area contributed by atoms with Crippen LogP contribution in [0, 0.1) is 11.3 Å². The molecule has 11 nitrogen and oxygen atoms in total. The van der Waals surface area contributed by atoms with Gasteiger partial charge in [0.15, 0.2) is 11.5 Å². The Morgan fingerprint density at radius 1 is 0.875 bits per heavy atom. The second-order valence-electron chi connectivity index (χ2n) is 8.16. The van der Waals surface area contributed by atoms with Crippen LogP contribution in [-0.2, 0) is 24.5 Å². The van der Waals surface area contributed by atoms with E-state index in [-0.39, 0.29) is 38.3 Å². The van der Waals surface area contributed by atoms with Gasteiger partial charge in [-0.3, -0.25) is 14.4 Å². The first kappa shape index (κ1) is 29.9. The summed E-state index contributed by atoms with van der Waals surface area (Å²) in [5.74, 6) is -1.35. The van der Waals surface area contributed by atoms with E-state index in [4.69, 9.17) is 8.92 Å². The lowest BCUT2D eigenvalue weighted by atomic mass is 10.1. The summed E-state index contributed by atoms with van der Waals surface area (Å²) >= 11 is 3.27. The van der Waals surface area contributed by atoms with Gasteiger partial charge in [-0.2, -0.15) is 13.7 Å². The van der Waals surface area contributed by atoms with E-state index in [2.05, 4.69) is 31.9 Å². The number of nitrogens with zero attached hydrogens (tertiary/aromatic N) is 1. The van der Waals surface area contributed by atoms with E-state index in [1.165, 1.54) is 63.4 Å². The fourth-order valence-corrected chi connectivity index (χ4v) is 4.93. The lowest BCUT2D eigenvalue weighted by Crippen LogP contribution is -2.13. The molecule has 0 aliphatic rings. The second kappa shape index (κ2) is 12.9. The predicted octanol–water partition coefficient (Wildman–Crippen LogP) is 4.69. The number of hydrogen-bond acceptors (Lipinski definition) is 8. The maximum atomic E-state index is 12.9. The monoisotopic (exact) mass is 626 g/mol. The number of carbonyl (C=O) groups excluding carboxylic acids is 3.